The zero-order chi connectivity index (χ0) is 18.6. The molecule has 0 unspecified atom stereocenters. The number of Topliss-reactive ketones (excluding diaryl/α,β-unsaturated/α-hetero) is 1. The number of nitrogens with zero attached hydrogens (tertiary/aromatic N) is 3. The molecule has 0 spiro atoms. The number of hydrogen-bond donors (Lipinski definition) is 0. The summed E-state index contributed by atoms with van der Waals surface area (Å²) in [5, 5.41) is 0. The maximum atomic E-state index is 12.2. The Morgan fingerprint density at radius 3 is 2.19 bits per heavy atom. The van der Waals surface area contributed by atoms with E-state index in [1.165, 1.54) is 0 Å². The van der Waals surface area contributed by atoms with Crippen LogP contribution in [0.5, 0.6) is 5.75 Å². The van der Waals surface area contributed by atoms with E-state index in [-0.39, 0.29) is 17.7 Å². The molecular formula is C21H29N3O3. The van der Waals surface area contributed by atoms with Gasteiger partial charge in [-0.2, -0.15) is 0 Å². The summed E-state index contributed by atoms with van der Waals surface area (Å²) in [6.07, 6.45) is 4.18. The number of rotatable bonds is 7. The van der Waals surface area contributed by atoms with Gasteiger partial charge < -0.3 is 14.5 Å². The van der Waals surface area contributed by atoms with Gasteiger partial charge in [0.15, 0.2) is 5.78 Å². The molecule has 4 rings (SSSR count). The summed E-state index contributed by atoms with van der Waals surface area (Å²) in [7, 11) is 0. The molecule has 0 radical (unpaired) electrons. The Hall–Kier alpha value is -2.08. The van der Waals surface area contributed by atoms with Crippen molar-refractivity contribution in [1.82, 2.24) is 14.7 Å². The van der Waals surface area contributed by atoms with Gasteiger partial charge in [-0.1, -0.05) is 0 Å². The first-order valence-electron chi connectivity index (χ1n) is 10.2. The van der Waals surface area contributed by atoms with Crippen LogP contribution in [-0.2, 0) is 0 Å². The van der Waals surface area contributed by atoms with Crippen LogP contribution in [-0.4, -0.2) is 78.9 Å². The van der Waals surface area contributed by atoms with Crippen molar-refractivity contribution in [3.63, 3.8) is 0 Å². The summed E-state index contributed by atoms with van der Waals surface area (Å²) in [6.45, 7) is 7.04. The Kier molecular flexibility index (Phi) is 5.62. The van der Waals surface area contributed by atoms with Crippen molar-refractivity contribution in [2.45, 2.75) is 25.7 Å². The Labute approximate surface area is 161 Å². The number of likely N-dealkylation sites (tertiary alicyclic amines) is 1. The molecule has 1 aromatic carbocycles. The number of benzene rings is 1. The van der Waals surface area contributed by atoms with Crippen LogP contribution in [0.25, 0.3) is 0 Å². The highest BCUT2D eigenvalue weighted by atomic mass is 16.5. The summed E-state index contributed by atoms with van der Waals surface area (Å²) in [6, 6.07) is 7.77. The first-order chi connectivity index (χ1) is 13.2. The number of hydrogen-bond acceptors (Lipinski definition) is 4. The molecule has 2 heterocycles. The second kappa shape index (κ2) is 8.30. The summed E-state index contributed by atoms with van der Waals surface area (Å²) in [5.41, 5.74) is 0.801. The van der Waals surface area contributed by atoms with Gasteiger partial charge in [-0.3, -0.25) is 9.69 Å². The smallest absolute Gasteiger partial charge is 0.320 e. The van der Waals surface area contributed by atoms with Gasteiger partial charge in [0.25, 0.3) is 0 Å². The number of urea groups is 1. The number of carbonyl (C=O) groups excluding carboxylic acids is 2. The lowest BCUT2D eigenvalue weighted by Crippen LogP contribution is -2.55. The predicted molar refractivity (Wildman–Crippen MR) is 103 cm³/mol. The van der Waals surface area contributed by atoms with Gasteiger partial charge in [0, 0.05) is 57.3 Å². The highest BCUT2D eigenvalue weighted by molar-refractivity contribution is 5.99. The van der Waals surface area contributed by atoms with Gasteiger partial charge in [0.2, 0.25) is 0 Å². The molecule has 1 aromatic rings. The largest absolute Gasteiger partial charge is 0.494 e. The molecule has 2 aliphatic heterocycles. The summed E-state index contributed by atoms with van der Waals surface area (Å²) in [5.74, 6) is 1.36. The first kappa shape index (κ1) is 18.3. The molecule has 3 aliphatic rings. The van der Waals surface area contributed by atoms with Crippen LogP contribution in [0.4, 0.5) is 4.79 Å². The van der Waals surface area contributed by atoms with Crippen LogP contribution >= 0.6 is 0 Å². The topological polar surface area (TPSA) is 53.1 Å². The minimum atomic E-state index is 0.216. The van der Waals surface area contributed by atoms with Crippen molar-refractivity contribution in [1.29, 1.82) is 0 Å². The molecule has 2 saturated heterocycles. The molecule has 6 nitrogen and oxygen atoms in total. The number of ketones is 1. The quantitative estimate of drug-likeness (QED) is 0.546. The lowest BCUT2D eigenvalue weighted by atomic mass is 10.1. The lowest BCUT2D eigenvalue weighted by Gasteiger charge is -2.40. The Bertz CT molecular complexity index is 660. The van der Waals surface area contributed by atoms with Gasteiger partial charge in [0.05, 0.1) is 6.61 Å². The van der Waals surface area contributed by atoms with E-state index in [1.54, 1.807) is 0 Å². The molecular weight excluding hydrogens is 342 g/mol. The Balaban J connectivity index is 1.11. The highest BCUT2D eigenvalue weighted by Crippen LogP contribution is 2.32. The minimum Gasteiger partial charge on any atom is -0.494 e. The van der Waals surface area contributed by atoms with E-state index >= 15 is 0 Å². The van der Waals surface area contributed by atoms with Crippen molar-refractivity contribution in [2.24, 2.45) is 5.92 Å². The third kappa shape index (κ3) is 4.61. The van der Waals surface area contributed by atoms with Crippen molar-refractivity contribution < 1.29 is 14.3 Å². The fraction of sp³-hybridized carbons (Fsp3) is 0.619. The van der Waals surface area contributed by atoms with E-state index in [0.717, 1.165) is 82.8 Å². The van der Waals surface area contributed by atoms with E-state index in [1.807, 2.05) is 34.1 Å². The van der Waals surface area contributed by atoms with Crippen LogP contribution < -0.4 is 4.74 Å². The Morgan fingerprint density at radius 1 is 0.926 bits per heavy atom. The van der Waals surface area contributed by atoms with Crippen LogP contribution in [0.15, 0.2) is 24.3 Å². The van der Waals surface area contributed by atoms with Crippen LogP contribution in [0.1, 0.15) is 36.0 Å². The fourth-order valence-electron chi connectivity index (χ4n) is 3.65. The molecule has 146 valence electrons. The van der Waals surface area contributed by atoms with E-state index in [2.05, 4.69) is 4.90 Å². The molecule has 0 N–H and O–H groups in total. The molecule has 0 aromatic heterocycles. The number of ether oxygens (including phenoxy) is 1. The molecule has 6 heteroatoms. The van der Waals surface area contributed by atoms with Crippen molar-refractivity contribution in [3.8, 4) is 5.75 Å². The molecule has 0 bridgehead atoms. The van der Waals surface area contributed by atoms with Crippen LogP contribution in [0, 0.1) is 5.92 Å². The van der Waals surface area contributed by atoms with Crippen LogP contribution in [0.3, 0.4) is 0 Å². The monoisotopic (exact) mass is 371 g/mol. The molecule has 1 aliphatic carbocycles. The van der Waals surface area contributed by atoms with E-state index in [9.17, 15) is 9.59 Å². The maximum absolute atomic E-state index is 12.2. The number of amides is 2. The standard InChI is InChI=1S/C21H29N3O3/c25-20(17-3-4-17)18-5-7-19(8-6-18)27-16-2-9-22-12-14-24(15-13-22)21(26)23-10-1-11-23/h5-8,17H,1-4,9-16H2. The minimum absolute atomic E-state index is 0.216. The third-order valence-corrected chi connectivity index (χ3v) is 5.74. The first-order valence-corrected chi connectivity index (χ1v) is 10.2. The number of piperazine rings is 1. The summed E-state index contributed by atoms with van der Waals surface area (Å²) < 4.78 is 5.81. The van der Waals surface area contributed by atoms with E-state index < -0.39 is 0 Å². The second-order valence-corrected chi connectivity index (χ2v) is 7.82. The SMILES string of the molecule is O=C(c1ccc(OCCCN2CCN(C(=O)N3CCC3)CC2)cc1)C1CC1. The molecule has 0 atom stereocenters. The van der Waals surface area contributed by atoms with Crippen LogP contribution in [0.2, 0.25) is 0 Å². The predicted octanol–water partition coefficient (Wildman–Crippen LogP) is 2.49. The molecule has 3 fully saturated rings. The van der Waals surface area contributed by atoms with Crippen molar-refractivity contribution in [3.05, 3.63) is 29.8 Å². The normalized spacial score (nSPS) is 20.3. The van der Waals surface area contributed by atoms with E-state index in [4.69, 9.17) is 4.74 Å². The average Bonchev–Trinajstić information content (AvgIpc) is 3.49. The summed E-state index contributed by atoms with van der Waals surface area (Å²) in [4.78, 5) is 30.5. The molecule has 27 heavy (non-hydrogen) atoms. The van der Waals surface area contributed by atoms with Gasteiger partial charge in [-0.05, 0) is 49.9 Å². The Morgan fingerprint density at radius 2 is 1.59 bits per heavy atom. The van der Waals surface area contributed by atoms with Gasteiger partial charge in [-0.25, -0.2) is 4.79 Å². The van der Waals surface area contributed by atoms with Gasteiger partial charge in [-0.15, -0.1) is 0 Å². The van der Waals surface area contributed by atoms with Gasteiger partial charge >= 0.3 is 6.03 Å². The van der Waals surface area contributed by atoms with Crippen molar-refractivity contribution in [2.75, 3.05) is 52.4 Å². The lowest BCUT2D eigenvalue weighted by molar-refractivity contribution is 0.0940. The van der Waals surface area contributed by atoms with Gasteiger partial charge in [0.1, 0.15) is 5.75 Å². The molecule has 1 saturated carbocycles. The number of carbonyl (C=O) groups is 2. The average molecular weight is 371 g/mol. The molecule has 2 amide bonds. The summed E-state index contributed by atoms with van der Waals surface area (Å²) >= 11 is 0. The highest BCUT2D eigenvalue weighted by Gasteiger charge is 2.30. The third-order valence-electron chi connectivity index (χ3n) is 5.74. The fourth-order valence-corrected chi connectivity index (χ4v) is 3.65. The van der Waals surface area contributed by atoms with E-state index in [0.29, 0.717) is 6.61 Å². The zero-order valence-electron chi connectivity index (χ0n) is 15.9. The zero-order valence-corrected chi connectivity index (χ0v) is 15.9. The van der Waals surface area contributed by atoms with Crippen molar-refractivity contribution >= 4 is 11.8 Å². The maximum Gasteiger partial charge on any atom is 0.320 e. The second-order valence-electron chi connectivity index (χ2n) is 7.82.